The van der Waals surface area contributed by atoms with Crippen molar-refractivity contribution in [3.63, 3.8) is 0 Å². The lowest BCUT2D eigenvalue weighted by Crippen LogP contribution is -2.29. The number of rotatable bonds is 4. The van der Waals surface area contributed by atoms with Crippen LogP contribution in [0, 0.1) is 11.6 Å². The molecular formula is C12H11BrF2N2O. The second kappa shape index (κ2) is 5.60. The molecule has 0 saturated heterocycles. The maximum Gasteiger partial charge on any atom is 0.173 e. The molecule has 0 aliphatic carbocycles. The van der Waals surface area contributed by atoms with E-state index in [1.165, 1.54) is 6.26 Å². The van der Waals surface area contributed by atoms with Crippen molar-refractivity contribution >= 4 is 15.9 Å². The van der Waals surface area contributed by atoms with Crippen LogP contribution in [0.5, 0.6) is 0 Å². The lowest BCUT2D eigenvalue weighted by atomic mass is 10.0. The molecule has 1 aromatic heterocycles. The zero-order valence-corrected chi connectivity index (χ0v) is 10.9. The van der Waals surface area contributed by atoms with Crippen molar-refractivity contribution < 1.29 is 13.2 Å². The molecule has 18 heavy (non-hydrogen) atoms. The van der Waals surface area contributed by atoms with E-state index in [2.05, 4.69) is 21.4 Å². The fraction of sp³-hybridized carbons (Fsp3) is 0.167. The fourth-order valence-electron chi connectivity index (χ4n) is 1.73. The molecule has 0 bridgehead atoms. The number of hydrogen-bond donors (Lipinski definition) is 2. The summed E-state index contributed by atoms with van der Waals surface area (Å²) in [5.74, 6) is 4.50. The number of hydrogen-bond acceptors (Lipinski definition) is 3. The van der Waals surface area contributed by atoms with E-state index in [4.69, 9.17) is 10.3 Å². The third-order valence-corrected chi connectivity index (χ3v) is 3.30. The van der Waals surface area contributed by atoms with E-state index < -0.39 is 11.6 Å². The molecule has 0 aliphatic rings. The van der Waals surface area contributed by atoms with Gasteiger partial charge < -0.3 is 4.42 Å². The predicted octanol–water partition coefficient (Wildman–Crippen LogP) is 3.07. The van der Waals surface area contributed by atoms with E-state index in [0.717, 1.165) is 23.8 Å². The Balaban J connectivity index is 2.26. The van der Waals surface area contributed by atoms with Crippen LogP contribution < -0.4 is 11.3 Å². The van der Waals surface area contributed by atoms with Crippen LogP contribution in [-0.2, 0) is 6.42 Å². The first-order chi connectivity index (χ1) is 8.61. The Labute approximate surface area is 111 Å². The number of furan rings is 1. The minimum atomic E-state index is -0.478. The molecule has 2 rings (SSSR count). The van der Waals surface area contributed by atoms with Crippen LogP contribution in [-0.4, -0.2) is 0 Å². The van der Waals surface area contributed by atoms with Crippen molar-refractivity contribution in [2.75, 3.05) is 0 Å². The average molecular weight is 317 g/mol. The summed E-state index contributed by atoms with van der Waals surface area (Å²) in [4.78, 5) is 0. The van der Waals surface area contributed by atoms with Gasteiger partial charge >= 0.3 is 0 Å². The highest BCUT2D eigenvalue weighted by molar-refractivity contribution is 9.10. The van der Waals surface area contributed by atoms with Crippen LogP contribution in [0.25, 0.3) is 0 Å². The van der Waals surface area contributed by atoms with E-state index in [-0.39, 0.29) is 18.0 Å². The van der Waals surface area contributed by atoms with Crippen LogP contribution in [0.15, 0.2) is 39.6 Å². The Hall–Kier alpha value is -1.24. The smallest absolute Gasteiger partial charge is 0.173 e. The van der Waals surface area contributed by atoms with E-state index in [1.54, 1.807) is 6.07 Å². The van der Waals surface area contributed by atoms with Crippen LogP contribution >= 0.6 is 15.9 Å². The number of halogens is 3. The summed E-state index contributed by atoms with van der Waals surface area (Å²) < 4.78 is 32.2. The van der Waals surface area contributed by atoms with Gasteiger partial charge in [-0.1, -0.05) is 0 Å². The first-order valence-corrected chi connectivity index (χ1v) is 6.04. The molecule has 0 fully saturated rings. The maximum atomic E-state index is 13.5. The summed E-state index contributed by atoms with van der Waals surface area (Å²) >= 11 is 3.22. The van der Waals surface area contributed by atoms with Crippen molar-refractivity contribution in [2.45, 2.75) is 12.5 Å². The van der Waals surface area contributed by atoms with Crippen molar-refractivity contribution in [3.05, 3.63) is 58.0 Å². The molecule has 96 valence electrons. The van der Waals surface area contributed by atoms with Gasteiger partial charge in [-0.2, -0.15) is 0 Å². The molecular weight excluding hydrogens is 306 g/mol. The highest BCUT2D eigenvalue weighted by Gasteiger charge is 2.18. The molecule has 0 radical (unpaired) electrons. The lowest BCUT2D eigenvalue weighted by Gasteiger charge is -2.15. The van der Waals surface area contributed by atoms with Gasteiger partial charge in [0.1, 0.15) is 11.6 Å². The van der Waals surface area contributed by atoms with Gasteiger partial charge in [0, 0.05) is 5.56 Å². The van der Waals surface area contributed by atoms with Gasteiger partial charge in [0.2, 0.25) is 0 Å². The van der Waals surface area contributed by atoms with Crippen molar-refractivity contribution in [3.8, 4) is 0 Å². The predicted molar refractivity (Wildman–Crippen MR) is 66.5 cm³/mol. The van der Waals surface area contributed by atoms with E-state index in [0.29, 0.717) is 4.67 Å². The van der Waals surface area contributed by atoms with E-state index >= 15 is 0 Å². The molecule has 1 unspecified atom stereocenters. The zero-order valence-electron chi connectivity index (χ0n) is 9.29. The minimum absolute atomic E-state index is 0.220. The maximum absolute atomic E-state index is 13.5. The van der Waals surface area contributed by atoms with Crippen molar-refractivity contribution in [2.24, 2.45) is 5.84 Å². The molecule has 6 heteroatoms. The highest BCUT2D eigenvalue weighted by atomic mass is 79.9. The van der Waals surface area contributed by atoms with Gasteiger partial charge in [-0.25, -0.2) is 8.78 Å². The number of benzene rings is 1. The van der Waals surface area contributed by atoms with Gasteiger partial charge in [0.05, 0.1) is 12.3 Å². The Morgan fingerprint density at radius 3 is 2.72 bits per heavy atom. The van der Waals surface area contributed by atoms with Crippen LogP contribution in [0.4, 0.5) is 8.78 Å². The molecule has 0 spiro atoms. The van der Waals surface area contributed by atoms with E-state index in [1.807, 2.05) is 0 Å². The largest absolute Gasteiger partial charge is 0.457 e. The molecule has 0 aliphatic heterocycles. The number of nitrogens with two attached hydrogens (primary N) is 1. The van der Waals surface area contributed by atoms with Crippen LogP contribution in [0.3, 0.4) is 0 Å². The zero-order chi connectivity index (χ0) is 13.1. The Kier molecular flexibility index (Phi) is 4.11. The van der Waals surface area contributed by atoms with Gasteiger partial charge in [0.25, 0.3) is 0 Å². The summed E-state index contributed by atoms with van der Waals surface area (Å²) in [5, 5.41) is 0. The minimum Gasteiger partial charge on any atom is -0.457 e. The average Bonchev–Trinajstić information content (AvgIpc) is 2.77. The molecule has 3 nitrogen and oxygen atoms in total. The standard InChI is InChI=1S/C12H11BrF2N2O/c13-12-9(3-4-18-12)11(17-16)6-7-5-8(14)1-2-10(7)15/h1-5,11,17H,6,16H2. The SMILES string of the molecule is NNC(Cc1cc(F)ccc1F)c1ccoc1Br. The first-order valence-electron chi connectivity index (χ1n) is 5.24. The van der Waals surface area contributed by atoms with Crippen LogP contribution in [0.2, 0.25) is 0 Å². The lowest BCUT2D eigenvalue weighted by molar-refractivity contribution is 0.497. The summed E-state index contributed by atoms with van der Waals surface area (Å²) in [7, 11) is 0. The van der Waals surface area contributed by atoms with Gasteiger partial charge in [-0.15, -0.1) is 0 Å². The monoisotopic (exact) mass is 316 g/mol. The normalized spacial score (nSPS) is 12.7. The third-order valence-electron chi connectivity index (χ3n) is 2.65. The summed E-state index contributed by atoms with van der Waals surface area (Å²) in [5.41, 5.74) is 3.57. The Morgan fingerprint density at radius 2 is 2.11 bits per heavy atom. The summed E-state index contributed by atoms with van der Waals surface area (Å²) in [6.07, 6.45) is 1.71. The first kappa shape index (κ1) is 13.2. The van der Waals surface area contributed by atoms with Gasteiger partial charge in [0.15, 0.2) is 4.67 Å². The Bertz CT molecular complexity index is 545. The molecule has 1 aromatic carbocycles. The van der Waals surface area contributed by atoms with Crippen LogP contribution in [0.1, 0.15) is 17.2 Å². The fourth-order valence-corrected chi connectivity index (χ4v) is 2.25. The quantitative estimate of drug-likeness (QED) is 0.673. The highest BCUT2D eigenvalue weighted by Crippen LogP contribution is 2.27. The second-order valence-electron chi connectivity index (χ2n) is 3.81. The third kappa shape index (κ3) is 2.77. The number of hydrazine groups is 1. The molecule has 0 amide bonds. The Morgan fingerprint density at radius 1 is 1.33 bits per heavy atom. The molecule has 0 saturated carbocycles. The van der Waals surface area contributed by atoms with Crippen molar-refractivity contribution in [1.82, 2.24) is 5.43 Å². The van der Waals surface area contributed by atoms with Crippen molar-refractivity contribution in [1.29, 1.82) is 0 Å². The summed E-state index contributed by atoms with van der Waals surface area (Å²) in [6, 6.07) is 4.69. The number of nitrogens with one attached hydrogen (secondary N) is 1. The molecule has 1 heterocycles. The summed E-state index contributed by atoms with van der Waals surface area (Å²) in [6.45, 7) is 0. The van der Waals surface area contributed by atoms with Gasteiger partial charge in [-0.05, 0) is 52.2 Å². The van der Waals surface area contributed by atoms with E-state index in [9.17, 15) is 8.78 Å². The van der Waals surface area contributed by atoms with Gasteiger partial charge in [-0.3, -0.25) is 11.3 Å². The molecule has 1 atom stereocenters. The molecule has 2 aromatic rings. The second-order valence-corrected chi connectivity index (χ2v) is 4.53. The molecule has 3 N–H and O–H groups in total. The topological polar surface area (TPSA) is 51.2 Å².